The third-order valence-corrected chi connectivity index (χ3v) is 5.81. The van der Waals surface area contributed by atoms with Crippen LogP contribution in [0.2, 0.25) is 0 Å². The Labute approximate surface area is 166 Å². The fourth-order valence-corrected chi connectivity index (χ4v) is 4.15. The lowest BCUT2D eigenvalue weighted by Gasteiger charge is -2.17. The zero-order valence-electron chi connectivity index (χ0n) is 15.5. The molecule has 1 aromatic carbocycles. The molecule has 0 fully saturated rings. The molecule has 1 aliphatic heterocycles. The molecule has 0 bridgehead atoms. The molecule has 0 saturated carbocycles. The van der Waals surface area contributed by atoms with Crippen LogP contribution in [-0.4, -0.2) is 34.7 Å². The summed E-state index contributed by atoms with van der Waals surface area (Å²) in [5, 5.41) is 8.82. The number of nitrogens with zero attached hydrogens (tertiary/aromatic N) is 6. The topological polar surface area (TPSA) is 68.8 Å². The first kappa shape index (κ1) is 16.9. The first-order chi connectivity index (χ1) is 13.6. The second-order valence-corrected chi connectivity index (χ2v) is 7.69. The predicted molar refractivity (Wildman–Crippen MR) is 106 cm³/mol. The number of aromatic nitrogens is 5. The second kappa shape index (κ2) is 6.42. The standard InChI is InChI=1S/C20H18N6OS/c1-13-5-7-15(8-6-13)26-19(24-9-3-4-10-24)16-11-25(12-17(16)22-26)20(27)18-14(2)21-23-28-18/h3-10H,11-12H2,1-2H3. The quantitative estimate of drug-likeness (QED) is 0.538. The maximum atomic E-state index is 12.9. The van der Waals surface area contributed by atoms with Crippen LogP contribution in [0.3, 0.4) is 0 Å². The Morgan fingerprint density at radius 1 is 1.07 bits per heavy atom. The van der Waals surface area contributed by atoms with Crippen molar-refractivity contribution in [2.24, 2.45) is 0 Å². The van der Waals surface area contributed by atoms with Gasteiger partial charge in [0.15, 0.2) is 0 Å². The lowest BCUT2D eigenvalue weighted by atomic mass is 10.2. The van der Waals surface area contributed by atoms with Crippen molar-refractivity contribution in [3.63, 3.8) is 0 Å². The van der Waals surface area contributed by atoms with Crippen LogP contribution >= 0.6 is 11.5 Å². The van der Waals surface area contributed by atoms with Gasteiger partial charge in [-0.3, -0.25) is 4.79 Å². The maximum Gasteiger partial charge on any atom is 0.268 e. The molecular weight excluding hydrogens is 372 g/mol. The van der Waals surface area contributed by atoms with Crippen molar-refractivity contribution in [3.8, 4) is 11.5 Å². The van der Waals surface area contributed by atoms with E-state index in [2.05, 4.69) is 45.3 Å². The largest absolute Gasteiger partial charge is 0.327 e. The van der Waals surface area contributed by atoms with Gasteiger partial charge in [-0.2, -0.15) is 5.10 Å². The fourth-order valence-electron chi connectivity index (χ4n) is 3.52. The van der Waals surface area contributed by atoms with Crippen molar-refractivity contribution in [2.45, 2.75) is 26.9 Å². The van der Waals surface area contributed by atoms with Crippen LogP contribution in [0.5, 0.6) is 0 Å². The zero-order chi connectivity index (χ0) is 19.3. The average Bonchev–Trinajstić information content (AvgIpc) is 3.45. The van der Waals surface area contributed by atoms with E-state index >= 15 is 0 Å². The van der Waals surface area contributed by atoms with Crippen LogP contribution in [0, 0.1) is 13.8 Å². The molecule has 0 atom stereocenters. The van der Waals surface area contributed by atoms with E-state index < -0.39 is 0 Å². The molecule has 7 nitrogen and oxygen atoms in total. The van der Waals surface area contributed by atoms with Gasteiger partial charge in [-0.05, 0) is 49.6 Å². The maximum absolute atomic E-state index is 12.9. The number of fused-ring (bicyclic) bond motifs is 1. The molecular formula is C20H18N6OS. The summed E-state index contributed by atoms with van der Waals surface area (Å²) in [4.78, 5) is 15.3. The summed E-state index contributed by atoms with van der Waals surface area (Å²) in [5.41, 5.74) is 4.88. The number of carbonyl (C=O) groups is 1. The first-order valence-electron chi connectivity index (χ1n) is 9.01. The van der Waals surface area contributed by atoms with E-state index in [1.165, 1.54) is 5.56 Å². The van der Waals surface area contributed by atoms with Gasteiger partial charge in [0, 0.05) is 18.0 Å². The molecule has 1 aliphatic rings. The van der Waals surface area contributed by atoms with Crippen molar-refractivity contribution < 1.29 is 4.79 Å². The summed E-state index contributed by atoms with van der Waals surface area (Å²) >= 11 is 1.15. The molecule has 5 rings (SSSR count). The molecule has 28 heavy (non-hydrogen) atoms. The summed E-state index contributed by atoms with van der Waals surface area (Å²) in [6.45, 7) is 4.89. The number of amides is 1. The highest BCUT2D eigenvalue weighted by Crippen LogP contribution is 2.32. The molecule has 0 spiro atoms. The van der Waals surface area contributed by atoms with Gasteiger partial charge in [0.05, 0.1) is 30.2 Å². The minimum Gasteiger partial charge on any atom is -0.327 e. The number of benzene rings is 1. The van der Waals surface area contributed by atoms with E-state index in [0.29, 0.717) is 23.7 Å². The molecule has 1 amide bonds. The van der Waals surface area contributed by atoms with Crippen LogP contribution in [0.15, 0.2) is 48.8 Å². The van der Waals surface area contributed by atoms with Gasteiger partial charge < -0.3 is 9.47 Å². The molecule has 140 valence electrons. The Morgan fingerprint density at radius 3 is 2.50 bits per heavy atom. The van der Waals surface area contributed by atoms with E-state index in [-0.39, 0.29) is 5.91 Å². The summed E-state index contributed by atoms with van der Waals surface area (Å²) in [7, 11) is 0. The van der Waals surface area contributed by atoms with Crippen molar-refractivity contribution in [2.75, 3.05) is 0 Å². The average molecular weight is 390 g/mol. The number of aryl methyl sites for hydroxylation is 2. The van der Waals surface area contributed by atoms with Gasteiger partial charge >= 0.3 is 0 Å². The Hall–Kier alpha value is -3.26. The highest BCUT2D eigenvalue weighted by atomic mass is 32.1. The number of carbonyl (C=O) groups excluding carboxylic acids is 1. The molecule has 0 saturated heterocycles. The molecule has 4 aromatic rings. The molecule has 0 aliphatic carbocycles. The van der Waals surface area contributed by atoms with Gasteiger partial charge in [-0.15, -0.1) is 5.10 Å². The molecule has 0 N–H and O–H groups in total. The van der Waals surface area contributed by atoms with Crippen LogP contribution < -0.4 is 0 Å². The Morgan fingerprint density at radius 2 is 1.82 bits per heavy atom. The predicted octanol–water partition coefficient (Wildman–Crippen LogP) is 3.29. The zero-order valence-corrected chi connectivity index (χ0v) is 16.3. The van der Waals surface area contributed by atoms with Gasteiger partial charge in [0.25, 0.3) is 5.91 Å². The van der Waals surface area contributed by atoms with Crippen molar-refractivity contribution >= 4 is 17.4 Å². The van der Waals surface area contributed by atoms with E-state index in [1.54, 1.807) is 0 Å². The Bertz CT molecular complexity index is 1160. The molecule has 0 radical (unpaired) electrons. The monoisotopic (exact) mass is 390 g/mol. The van der Waals surface area contributed by atoms with Gasteiger partial charge in [0.1, 0.15) is 10.7 Å². The number of rotatable bonds is 3. The summed E-state index contributed by atoms with van der Waals surface area (Å²) in [6, 6.07) is 12.3. The molecule has 0 unspecified atom stereocenters. The molecule has 3 aromatic heterocycles. The number of hydrogen-bond acceptors (Lipinski definition) is 5. The first-order valence-corrected chi connectivity index (χ1v) is 9.78. The minimum absolute atomic E-state index is 0.0363. The normalized spacial score (nSPS) is 13.1. The summed E-state index contributed by atoms with van der Waals surface area (Å²) in [5.74, 6) is 0.934. The summed E-state index contributed by atoms with van der Waals surface area (Å²) in [6.07, 6.45) is 4.01. The van der Waals surface area contributed by atoms with Crippen molar-refractivity contribution in [3.05, 3.63) is 76.2 Å². The third-order valence-electron chi connectivity index (χ3n) is 4.99. The minimum atomic E-state index is -0.0363. The van der Waals surface area contributed by atoms with E-state index in [4.69, 9.17) is 5.10 Å². The number of hydrogen-bond donors (Lipinski definition) is 0. The lowest BCUT2D eigenvalue weighted by Crippen LogP contribution is -2.26. The van der Waals surface area contributed by atoms with Crippen LogP contribution in [-0.2, 0) is 13.1 Å². The van der Waals surface area contributed by atoms with Crippen molar-refractivity contribution in [1.82, 2.24) is 28.8 Å². The molecule has 4 heterocycles. The fraction of sp³-hybridized carbons (Fsp3) is 0.200. The van der Waals surface area contributed by atoms with E-state index in [0.717, 1.165) is 34.3 Å². The second-order valence-electron chi connectivity index (χ2n) is 6.94. The third kappa shape index (κ3) is 2.65. The SMILES string of the molecule is Cc1ccc(-n2nc3c(c2-n2cccc2)CN(C(=O)c2snnc2C)C3)cc1. The highest BCUT2D eigenvalue weighted by molar-refractivity contribution is 7.07. The van der Waals surface area contributed by atoms with Gasteiger partial charge in [0.2, 0.25) is 0 Å². The van der Waals surface area contributed by atoms with Crippen LogP contribution in [0.1, 0.15) is 32.2 Å². The smallest absolute Gasteiger partial charge is 0.268 e. The van der Waals surface area contributed by atoms with Crippen LogP contribution in [0.4, 0.5) is 0 Å². The summed E-state index contributed by atoms with van der Waals surface area (Å²) < 4.78 is 7.91. The van der Waals surface area contributed by atoms with Gasteiger partial charge in [-0.1, -0.05) is 22.2 Å². The highest BCUT2D eigenvalue weighted by Gasteiger charge is 2.33. The lowest BCUT2D eigenvalue weighted by molar-refractivity contribution is 0.0753. The Balaban J connectivity index is 1.56. The van der Waals surface area contributed by atoms with Crippen LogP contribution in [0.25, 0.3) is 11.5 Å². The van der Waals surface area contributed by atoms with E-state index in [9.17, 15) is 4.79 Å². The van der Waals surface area contributed by atoms with Gasteiger partial charge in [-0.25, -0.2) is 4.68 Å². The molecule has 8 heteroatoms. The van der Waals surface area contributed by atoms with E-state index in [1.807, 2.05) is 41.0 Å². The van der Waals surface area contributed by atoms with Crippen molar-refractivity contribution in [1.29, 1.82) is 0 Å². The Kier molecular flexibility index (Phi) is 3.87.